The van der Waals surface area contributed by atoms with E-state index < -0.39 is 69.7 Å². The summed E-state index contributed by atoms with van der Waals surface area (Å²) in [7, 11) is 0. The van der Waals surface area contributed by atoms with Gasteiger partial charge in [0.2, 0.25) is 5.60 Å². The van der Waals surface area contributed by atoms with Crippen molar-refractivity contribution in [2.45, 2.75) is 76.9 Å². The van der Waals surface area contributed by atoms with Crippen molar-refractivity contribution >= 4 is 35.1 Å². The highest BCUT2D eigenvalue weighted by Gasteiger charge is 2.78. The molecule has 34 heavy (non-hydrogen) atoms. The van der Waals surface area contributed by atoms with Gasteiger partial charge < -0.3 is 14.6 Å². The van der Waals surface area contributed by atoms with Gasteiger partial charge in [-0.2, -0.15) is 0 Å². The number of halogens is 2. The van der Waals surface area contributed by atoms with Gasteiger partial charge in [-0.3, -0.25) is 19.2 Å². The first kappa shape index (κ1) is 25.0. The summed E-state index contributed by atoms with van der Waals surface area (Å²) in [5.74, 6) is -4.14. The molecule has 9 heteroatoms. The van der Waals surface area contributed by atoms with Gasteiger partial charge >= 0.3 is 11.9 Å². The molecule has 4 rings (SSSR count). The SMILES string of the molecule is CC(=O)OC1C[C@H]2[C@@H]3CCC4=CC(=O)C=C[C@]4(C)[C@@]3(F)C(O)C[C@]2(C)[C@@]1(OC(C)=O)C(=O)CCl. The largest absolute Gasteiger partial charge is 0.458 e. The maximum Gasteiger partial charge on any atom is 0.303 e. The summed E-state index contributed by atoms with van der Waals surface area (Å²) in [5.41, 5.74) is -5.93. The summed E-state index contributed by atoms with van der Waals surface area (Å²) < 4.78 is 28.5. The molecule has 0 saturated heterocycles. The monoisotopic (exact) mass is 496 g/mol. The van der Waals surface area contributed by atoms with Gasteiger partial charge in [0.1, 0.15) is 6.10 Å². The van der Waals surface area contributed by atoms with Crippen molar-refractivity contribution < 1.29 is 38.1 Å². The lowest BCUT2D eigenvalue weighted by atomic mass is 9.44. The number of alkyl halides is 2. The summed E-state index contributed by atoms with van der Waals surface area (Å²) in [4.78, 5) is 49.6. The van der Waals surface area contributed by atoms with Gasteiger partial charge in [0.05, 0.1) is 12.0 Å². The van der Waals surface area contributed by atoms with E-state index in [0.29, 0.717) is 18.4 Å². The molecule has 0 aromatic rings. The standard InChI is InChI=1S/C25H30ClFO7/c1-13(28)33-21-10-18-17-6-5-15-9-16(30)7-8-22(15,3)24(17,27)19(31)11-23(18,4)25(21,20(32)12-26)34-14(2)29/h7-9,17-19,21,31H,5-6,10-12H2,1-4H3/t17-,18-,19?,21?,22-,23-,24-,25+/m0/s1. The molecule has 3 saturated carbocycles. The average Bonchev–Trinajstić information content (AvgIpc) is 2.97. The fourth-order valence-corrected chi connectivity index (χ4v) is 7.78. The third kappa shape index (κ3) is 3.03. The summed E-state index contributed by atoms with van der Waals surface area (Å²) in [6.45, 7) is 5.70. The first-order valence-electron chi connectivity index (χ1n) is 11.5. The Hall–Kier alpha value is -2.06. The molecule has 8 atom stereocenters. The van der Waals surface area contributed by atoms with Crippen LogP contribution in [0.15, 0.2) is 23.8 Å². The van der Waals surface area contributed by atoms with Gasteiger partial charge in [-0.25, -0.2) is 4.39 Å². The second kappa shape index (κ2) is 7.98. The smallest absolute Gasteiger partial charge is 0.303 e. The number of carbonyl (C=O) groups excluding carboxylic acids is 4. The predicted octanol–water partition coefficient (Wildman–Crippen LogP) is 3.01. The number of allylic oxidation sites excluding steroid dienone is 4. The molecular formula is C25H30ClFO7. The second-order valence-electron chi connectivity index (χ2n) is 10.5. The molecule has 3 fully saturated rings. The molecule has 0 aromatic heterocycles. The number of Topliss-reactive ketones (excluding diaryl/α,β-unsaturated/α-hetero) is 1. The van der Waals surface area contributed by atoms with Gasteiger partial charge in [-0.1, -0.05) is 18.6 Å². The molecular weight excluding hydrogens is 467 g/mol. The molecule has 0 aromatic carbocycles. The third-order valence-corrected chi connectivity index (χ3v) is 9.19. The lowest BCUT2D eigenvalue weighted by Gasteiger charge is -2.62. The van der Waals surface area contributed by atoms with E-state index in [1.165, 1.54) is 25.2 Å². The van der Waals surface area contributed by atoms with Crippen molar-refractivity contribution in [3.8, 4) is 0 Å². The molecule has 0 aliphatic heterocycles. The van der Waals surface area contributed by atoms with Gasteiger partial charge in [0.15, 0.2) is 17.2 Å². The minimum atomic E-state index is -2.14. The molecule has 0 amide bonds. The van der Waals surface area contributed by atoms with Crippen LogP contribution in [0.1, 0.15) is 53.4 Å². The molecule has 0 radical (unpaired) electrons. The number of fused-ring (bicyclic) bond motifs is 5. The van der Waals surface area contributed by atoms with Gasteiger partial charge in [-0.15, -0.1) is 11.6 Å². The fourth-order valence-electron chi connectivity index (χ4n) is 7.58. The number of rotatable bonds is 4. The zero-order valence-electron chi connectivity index (χ0n) is 19.7. The molecule has 7 nitrogen and oxygen atoms in total. The molecule has 4 aliphatic carbocycles. The summed E-state index contributed by atoms with van der Waals surface area (Å²) in [5, 5.41) is 11.4. The molecule has 0 spiro atoms. The van der Waals surface area contributed by atoms with Crippen LogP contribution in [-0.2, 0) is 28.7 Å². The number of ketones is 2. The molecule has 186 valence electrons. The first-order valence-corrected chi connectivity index (χ1v) is 12.1. The Morgan fingerprint density at radius 2 is 1.88 bits per heavy atom. The lowest BCUT2D eigenvalue weighted by Crippen LogP contribution is -2.70. The van der Waals surface area contributed by atoms with E-state index >= 15 is 4.39 Å². The molecule has 4 aliphatic rings. The lowest BCUT2D eigenvalue weighted by molar-refractivity contribution is -0.231. The second-order valence-corrected chi connectivity index (χ2v) is 10.8. The van der Waals surface area contributed by atoms with Gasteiger partial charge in [0, 0.05) is 30.6 Å². The summed E-state index contributed by atoms with van der Waals surface area (Å²) >= 11 is 5.96. The zero-order chi connectivity index (χ0) is 25.3. The molecule has 2 unspecified atom stereocenters. The highest BCUT2D eigenvalue weighted by atomic mass is 35.5. The number of aliphatic hydroxyl groups is 1. The van der Waals surface area contributed by atoms with Crippen molar-refractivity contribution in [3.05, 3.63) is 23.8 Å². The Morgan fingerprint density at radius 3 is 2.47 bits per heavy atom. The maximum atomic E-state index is 17.3. The van der Waals surface area contributed by atoms with Crippen LogP contribution in [0.3, 0.4) is 0 Å². The number of hydrogen-bond donors (Lipinski definition) is 1. The highest BCUT2D eigenvalue weighted by Crippen LogP contribution is 2.70. The first-order chi connectivity index (χ1) is 15.8. The van der Waals surface area contributed by atoms with Crippen LogP contribution >= 0.6 is 11.6 Å². The van der Waals surface area contributed by atoms with Crippen LogP contribution < -0.4 is 0 Å². The van der Waals surface area contributed by atoms with Crippen molar-refractivity contribution in [3.63, 3.8) is 0 Å². The van der Waals surface area contributed by atoms with E-state index in [0.717, 1.165) is 6.92 Å². The maximum absolute atomic E-state index is 17.3. The van der Waals surface area contributed by atoms with E-state index in [9.17, 15) is 24.3 Å². The minimum Gasteiger partial charge on any atom is -0.458 e. The van der Waals surface area contributed by atoms with Crippen LogP contribution in [0, 0.1) is 22.7 Å². The number of ether oxygens (including phenoxy) is 2. The Labute approximate surface area is 202 Å². The average molecular weight is 497 g/mol. The number of carbonyl (C=O) groups is 4. The van der Waals surface area contributed by atoms with Crippen LogP contribution in [-0.4, -0.2) is 58.0 Å². The Kier molecular flexibility index (Phi) is 5.88. The molecule has 1 N–H and O–H groups in total. The van der Waals surface area contributed by atoms with E-state index in [-0.39, 0.29) is 18.6 Å². The zero-order valence-corrected chi connectivity index (χ0v) is 20.5. The third-order valence-electron chi connectivity index (χ3n) is 8.95. The van der Waals surface area contributed by atoms with Crippen LogP contribution in [0.4, 0.5) is 4.39 Å². The topological polar surface area (TPSA) is 107 Å². The predicted molar refractivity (Wildman–Crippen MR) is 120 cm³/mol. The van der Waals surface area contributed by atoms with Gasteiger partial charge in [0.25, 0.3) is 0 Å². The fraction of sp³-hybridized carbons (Fsp3) is 0.680. The normalized spacial score (nSPS) is 44.9. The van der Waals surface area contributed by atoms with Crippen LogP contribution in [0.5, 0.6) is 0 Å². The van der Waals surface area contributed by atoms with E-state index in [4.69, 9.17) is 21.1 Å². The van der Waals surface area contributed by atoms with Crippen LogP contribution in [0.2, 0.25) is 0 Å². The summed E-state index contributed by atoms with van der Waals surface area (Å²) in [6.07, 6.45) is 2.19. The van der Waals surface area contributed by atoms with Crippen molar-refractivity contribution in [1.29, 1.82) is 0 Å². The van der Waals surface area contributed by atoms with E-state index in [1.54, 1.807) is 13.8 Å². The van der Waals surface area contributed by atoms with Crippen LogP contribution in [0.25, 0.3) is 0 Å². The minimum absolute atomic E-state index is 0.0762. The van der Waals surface area contributed by atoms with Gasteiger partial charge in [-0.05, 0) is 50.7 Å². The van der Waals surface area contributed by atoms with Crippen molar-refractivity contribution in [1.82, 2.24) is 0 Å². The van der Waals surface area contributed by atoms with E-state index in [2.05, 4.69) is 0 Å². The van der Waals surface area contributed by atoms with Crippen molar-refractivity contribution in [2.24, 2.45) is 22.7 Å². The Morgan fingerprint density at radius 1 is 1.21 bits per heavy atom. The molecule has 0 bridgehead atoms. The van der Waals surface area contributed by atoms with Crippen molar-refractivity contribution in [2.75, 3.05) is 5.88 Å². The highest BCUT2D eigenvalue weighted by molar-refractivity contribution is 6.29. The number of hydrogen-bond acceptors (Lipinski definition) is 7. The summed E-state index contributed by atoms with van der Waals surface area (Å²) in [6, 6.07) is 0. The Bertz CT molecular complexity index is 1020. The molecule has 0 heterocycles. The number of aliphatic hydroxyl groups excluding tert-OH is 1. The quantitative estimate of drug-likeness (QED) is 0.471. The van der Waals surface area contributed by atoms with E-state index in [1.807, 2.05) is 0 Å². The number of esters is 2. The Balaban J connectivity index is 1.90.